The van der Waals surface area contributed by atoms with Gasteiger partial charge in [-0.2, -0.15) is 0 Å². The number of hydrogen-bond donors (Lipinski definition) is 0. The van der Waals surface area contributed by atoms with Crippen LogP contribution in [-0.2, 0) is 9.59 Å². The summed E-state index contributed by atoms with van der Waals surface area (Å²) >= 11 is 0.874. The van der Waals surface area contributed by atoms with E-state index >= 15 is 0 Å². The van der Waals surface area contributed by atoms with Crippen molar-refractivity contribution >= 4 is 22.0 Å². The first-order chi connectivity index (χ1) is 5.20. The van der Waals surface area contributed by atoms with Crippen LogP contribution in [0.25, 0.3) is 0 Å². The van der Waals surface area contributed by atoms with E-state index in [0.717, 1.165) is 37.4 Å². The molecule has 0 heterocycles. The van der Waals surface area contributed by atoms with Crippen molar-refractivity contribution in [2.45, 2.75) is 32.6 Å². The van der Waals surface area contributed by atoms with E-state index < -0.39 is 0 Å². The zero-order valence-electron chi connectivity index (χ0n) is 6.63. The minimum Gasteiger partial charge on any atom is -0.287 e. The summed E-state index contributed by atoms with van der Waals surface area (Å²) in [6.07, 6.45) is 4.27. The van der Waals surface area contributed by atoms with E-state index in [1.807, 2.05) is 0 Å². The monoisotopic (exact) mass is 172 g/mol. The lowest BCUT2D eigenvalue weighted by molar-refractivity contribution is -0.114. The Labute approximate surface area is 70.7 Å². The van der Waals surface area contributed by atoms with Crippen LogP contribution < -0.4 is 0 Å². The van der Waals surface area contributed by atoms with Crippen molar-refractivity contribution in [3.63, 3.8) is 0 Å². The fraction of sp³-hybridized carbons (Fsp3) is 0.750. The molecule has 1 fully saturated rings. The first-order valence-electron chi connectivity index (χ1n) is 3.92. The molecule has 0 aromatic rings. The molecule has 0 aliphatic heterocycles. The summed E-state index contributed by atoms with van der Waals surface area (Å²) in [6.45, 7) is 1.44. The maximum Gasteiger partial charge on any atom is 0.199 e. The van der Waals surface area contributed by atoms with Gasteiger partial charge in [0, 0.05) is 12.8 Å². The highest BCUT2D eigenvalue weighted by atomic mass is 32.2. The molecule has 0 amide bonds. The smallest absolute Gasteiger partial charge is 0.199 e. The summed E-state index contributed by atoms with van der Waals surface area (Å²) in [4.78, 5) is 21.8. The van der Waals surface area contributed by atoms with Crippen molar-refractivity contribution in [1.29, 1.82) is 0 Å². The van der Waals surface area contributed by atoms with Crippen LogP contribution in [0.2, 0.25) is 0 Å². The zero-order chi connectivity index (χ0) is 8.27. The van der Waals surface area contributed by atoms with Crippen LogP contribution in [0, 0.1) is 5.92 Å². The van der Waals surface area contributed by atoms with E-state index in [1.165, 1.54) is 6.92 Å². The van der Waals surface area contributed by atoms with Crippen molar-refractivity contribution in [2.24, 2.45) is 5.92 Å². The number of carbonyl (C=O) groups excluding carboxylic acids is 2. The SMILES string of the molecule is CC(=O)SC(=O)C1CCCC1. The van der Waals surface area contributed by atoms with Crippen LogP contribution in [-0.4, -0.2) is 10.2 Å². The molecule has 11 heavy (non-hydrogen) atoms. The van der Waals surface area contributed by atoms with Gasteiger partial charge in [0.05, 0.1) is 0 Å². The molecule has 2 nitrogen and oxygen atoms in total. The van der Waals surface area contributed by atoms with Gasteiger partial charge in [-0.3, -0.25) is 9.59 Å². The lowest BCUT2D eigenvalue weighted by atomic mass is 10.1. The van der Waals surface area contributed by atoms with Gasteiger partial charge in [-0.25, -0.2) is 0 Å². The molecule has 0 radical (unpaired) electrons. The second-order valence-corrected chi connectivity index (χ2v) is 4.08. The van der Waals surface area contributed by atoms with Gasteiger partial charge in [0.25, 0.3) is 0 Å². The van der Waals surface area contributed by atoms with Crippen LogP contribution in [0.5, 0.6) is 0 Å². The molecule has 3 heteroatoms. The Morgan fingerprint density at radius 2 is 1.82 bits per heavy atom. The van der Waals surface area contributed by atoms with Crippen LogP contribution in [0.15, 0.2) is 0 Å². The normalized spacial score (nSPS) is 18.6. The van der Waals surface area contributed by atoms with E-state index in [0.29, 0.717) is 0 Å². The van der Waals surface area contributed by atoms with Crippen molar-refractivity contribution in [3.8, 4) is 0 Å². The average Bonchev–Trinajstić information content (AvgIpc) is 2.35. The Hall–Kier alpha value is -0.310. The third kappa shape index (κ3) is 2.66. The molecule has 0 saturated heterocycles. The predicted molar refractivity (Wildman–Crippen MR) is 45.2 cm³/mol. The van der Waals surface area contributed by atoms with Gasteiger partial charge in [-0.15, -0.1) is 0 Å². The van der Waals surface area contributed by atoms with E-state index in [4.69, 9.17) is 0 Å². The lowest BCUT2D eigenvalue weighted by Gasteiger charge is -2.03. The van der Waals surface area contributed by atoms with E-state index in [-0.39, 0.29) is 16.1 Å². The Morgan fingerprint density at radius 3 is 2.27 bits per heavy atom. The van der Waals surface area contributed by atoms with E-state index in [9.17, 15) is 9.59 Å². The molecule has 0 unspecified atom stereocenters. The molecule has 62 valence electrons. The summed E-state index contributed by atoms with van der Waals surface area (Å²) in [5, 5.41) is -0.00287. The molecule has 0 aromatic carbocycles. The Bertz CT molecular complexity index is 171. The topological polar surface area (TPSA) is 34.1 Å². The van der Waals surface area contributed by atoms with Crippen molar-refractivity contribution in [1.82, 2.24) is 0 Å². The van der Waals surface area contributed by atoms with Crippen molar-refractivity contribution in [3.05, 3.63) is 0 Å². The van der Waals surface area contributed by atoms with Gasteiger partial charge in [0.2, 0.25) is 0 Å². The van der Waals surface area contributed by atoms with E-state index in [1.54, 1.807) is 0 Å². The Kier molecular flexibility index (Phi) is 3.12. The quantitative estimate of drug-likeness (QED) is 0.606. The Morgan fingerprint density at radius 1 is 1.27 bits per heavy atom. The first kappa shape index (κ1) is 8.78. The largest absolute Gasteiger partial charge is 0.287 e. The fourth-order valence-corrected chi connectivity index (χ4v) is 2.07. The van der Waals surface area contributed by atoms with Gasteiger partial charge in [0.15, 0.2) is 10.2 Å². The Balaban J connectivity index is 2.34. The molecule has 0 aromatic heterocycles. The second-order valence-electron chi connectivity index (χ2n) is 2.89. The van der Waals surface area contributed by atoms with Gasteiger partial charge in [-0.1, -0.05) is 12.8 Å². The van der Waals surface area contributed by atoms with E-state index in [2.05, 4.69) is 0 Å². The summed E-state index contributed by atoms with van der Waals surface area (Å²) in [6, 6.07) is 0. The van der Waals surface area contributed by atoms with Crippen LogP contribution in [0.1, 0.15) is 32.6 Å². The molecule has 1 aliphatic carbocycles. The maximum atomic E-state index is 11.2. The minimum absolute atomic E-state index is 0.0787. The highest BCUT2D eigenvalue weighted by molar-refractivity contribution is 8.26. The first-order valence-corrected chi connectivity index (χ1v) is 4.74. The van der Waals surface area contributed by atoms with Crippen LogP contribution in [0.3, 0.4) is 0 Å². The maximum absolute atomic E-state index is 11.2. The van der Waals surface area contributed by atoms with Crippen LogP contribution in [0.4, 0.5) is 0 Å². The minimum atomic E-state index is -0.0816. The summed E-state index contributed by atoms with van der Waals surface area (Å²) < 4.78 is 0. The number of rotatable bonds is 1. The molecule has 0 spiro atoms. The summed E-state index contributed by atoms with van der Waals surface area (Å²) in [5.41, 5.74) is 0. The molecule has 0 atom stereocenters. The van der Waals surface area contributed by atoms with Gasteiger partial charge >= 0.3 is 0 Å². The van der Waals surface area contributed by atoms with Gasteiger partial charge in [-0.05, 0) is 24.6 Å². The average molecular weight is 172 g/mol. The highest BCUT2D eigenvalue weighted by Gasteiger charge is 2.23. The molecule has 1 saturated carbocycles. The molecule has 0 N–H and O–H groups in total. The van der Waals surface area contributed by atoms with Crippen molar-refractivity contribution < 1.29 is 9.59 Å². The predicted octanol–water partition coefficient (Wildman–Crippen LogP) is 1.98. The third-order valence-electron chi connectivity index (χ3n) is 1.93. The molecule has 0 bridgehead atoms. The zero-order valence-corrected chi connectivity index (χ0v) is 7.45. The number of hydrogen-bond acceptors (Lipinski definition) is 3. The summed E-state index contributed by atoms with van der Waals surface area (Å²) in [5.74, 6) is 0.170. The molecular formula is C8H12O2S. The van der Waals surface area contributed by atoms with Crippen LogP contribution >= 0.6 is 11.8 Å². The number of carbonyl (C=O) groups is 2. The van der Waals surface area contributed by atoms with Gasteiger partial charge < -0.3 is 0 Å². The highest BCUT2D eigenvalue weighted by Crippen LogP contribution is 2.29. The van der Waals surface area contributed by atoms with Crippen molar-refractivity contribution in [2.75, 3.05) is 0 Å². The molecular weight excluding hydrogens is 160 g/mol. The fourth-order valence-electron chi connectivity index (χ4n) is 1.39. The summed E-state index contributed by atoms with van der Waals surface area (Å²) in [7, 11) is 0. The standard InChI is InChI=1S/C8H12O2S/c1-6(9)11-8(10)7-4-2-3-5-7/h7H,2-5H2,1H3. The lowest BCUT2D eigenvalue weighted by Crippen LogP contribution is -2.07. The van der Waals surface area contributed by atoms with Gasteiger partial charge in [0.1, 0.15) is 0 Å². The number of thioether (sulfide) groups is 1. The third-order valence-corrected chi connectivity index (χ3v) is 2.75. The molecule has 1 rings (SSSR count). The second kappa shape index (κ2) is 3.90. The molecule has 1 aliphatic rings.